The Morgan fingerprint density at radius 2 is 1.62 bits per heavy atom. The molecule has 0 saturated carbocycles. The van der Waals surface area contributed by atoms with Crippen LogP contribution in [0.4, 0.5) is 0 Å². The molecule has 0 unspecified atom stereocenters. The quantitative estimate of drug-likeness (QED) is 0.424. The van der Waals surface area contributed by atoms with E-state index >= 15 is 0 Å². The lowest BCUT2D eigenvalue weighted by atomic mass is 10.2. The van der Waals surface area contributed by atoms with Crippen LogP contribution in [0.2, 0.25) is 0 Å². The molecule has 0 heterocycles. The van der Waals surface area contributed by atoms with Gasteiger partial charge in [0.25, 0.3) is 5.91 Å². The van der Waals surface area contributed by atoms with Crippen molar-refractivity contribution in [3.8, 4) is 0 Å². The largest absolute Gasteiger partial charge is 0.479 e. The zero-order valence-corrected chi connectivity index (χ0v) is 7.39. The molecule has 0 bridgehead atoms. The minimum absolute atomic E-state index is 0.219. The highest BCUT2D eigenvalue weighted by molar-refractivity contribution is 5.87. The van der Waals surface area contributed by atoms with Crippen LogP contribution in [0.5, 0.6) is 0 Å². The molecule has 1 amide bonds. The van der Waals surface area contributed by atoms with E-state index in [4.69, 9.17) is 15.3 Å². The lowest BCUT2D eigenvalue weighted by Gasteiger charge is -2.15. The fourth-order valence-corrected chi connectivity index (χ4v) is 0.648. The summed E-state index contributed by atoms with van der Waals surface area (Å²) in [5.41, 5.74) is 0. The van der Waals surface area contributed by atoms with Crippen molar-refractivity contribution < 1.29 is 24.9 Å². The highest BCUT2D eigenvalue weighted by Crippen LogP contribution is 1.94. The van der Waals surface area contributed by atoms with Gasteiger partial charge in [-0.2, -0.15) is 0 Å². The molecule has 0 aromatic rings. The first-order chi connectivity index (χ1) is 5.86. The van der Waals surface area contributed by atoms with Crippen LogP contribution in [0.25, 0.3) is 0 Å². The summed E-state index contributed by atoms with van der Waals surface area (Å²) in [6.45, 7) is 3.30. The van der Waals surface area contributed by atoms with Gasteiger partial charge in [-0.3, -0.25) is 4.79 Å². The molecule has 0 aliphatic rings. The Labute approximate surface area is 75.2 Å². The molecule has 6 heteroatoms. The summed E-state index contributed by atoms with van der Waals surface area (Å²) in [6, 6.07) is -0.219. The molecule has 0 aliphatic carbocycles. The van der Waals surface area contributed by atoms with E-state index in [1.54, 1.807) is 13.8 Å². The number of carboxylic acids is 1. The average Bonchev–Trinajstić information content (AvgIpc) is 2.00. The standard InChI is InChI=1S/C7H13NO5/c1-3(2)8-6(11)4(9)5(10)7(12)13/h3-5,9-10H,1-2H3,(H,8,11)(H,12,13)/t4-,5+/m1/s1. The Hall–Kier alpha value is -1.14. The van der Waals surface area contributed by atoms with E-state index in [1.807, 2.05) is 0 Å². The highest BCUT2D eigenvalue weighted by atomic mass is 16.4. The number of carbonyl (C=O) groups excluding carboxylic acids is 1. The van der Waals surface area contributed by atoms with Crippen molar-refractivity contribution >= 4 is 11.9 Å². The molecule has 6 nitrogen and oxygen atoms in total. The predicted octanol–water partition coefficient (Wildman–Crippen LogP) is -1.68. The molecule has 0 radical (unpaired) electrons. The fraction of sp³-hybridized carbons (Fsp3) is 0.714. The zero-order valence-electron chi connectivity index (χ0n) is 7.39. The van der Waals surface area contributed by atoms with Crippen molar-refractivity contribution in [3.05, 3.63) is 0 Å². The molecule has 2 atom stereocenters. The van der Waals surface area contributed by atoms with Crippen LogP contribution in [-0.2, 0) is 9.59 Å². The van der Waals surface area contributed by atoms with Gasteiger partial charge >= 0.3 is 5.97 Å². The molecule has 0 aliphatic heterocycles. The molecule has 4 N–H and O–H groups in total. The first-order valence-electron chi connectivity index (χ1n) is 3.75. The lowest BCUT2D eigenvalue weighted by Crippen LogP contribution is -2.47. The van der Waals surface area contributed by atoms with Gasteiger partial charge in [-0.15, -0.1) is 0 Å². The number of amides is 1. The fourth-order valence-electron chi connectivity index (χ4n) is 0.648. The number of carboxylic acid groups (broad SMARTS) is 1. The van der Waals surface area contributed by atoms with Gasteiger partial charge in [0.1, 0.15) is 0 Å². The van der Waals surface area contributed by atoms with E-state index in [-0.39, 0.29) is 6.04 Å². The molecular formula is C7H13NO5. The second kappa shape index (κ2) is 4.78. The zero-order chi connectivity index (χ0) is 10.6. The van der Waals surface area contributed by atoms with Gasteiger partial charge in [-0.25, -0.2) is 4.79 Å². The number of aliphatic carboxylic acids is 1. The van der Waals surface area contributed by atoms with Gasteiger partial charge in [0, 0.05) is 6.04 Å². The first kappa shape index (κ1) is 11.9. The Morgan fingerprint density at radius 1 is 1.15 bits per heavy atom. The van der Waals surface area contributed by atoms with Crippen LogP contribution < -0.4 is 5.32 Å². The number of carbonyl (C=O) groups is 2. The van der Waals surface area contributed by atoms with Gasteiger partial charge < -0.3 is 20.6 Å². The van der Waals surface area contributed by atoms with Crippen LogP contribution in [0.1, 0.15) is 13.8 Å². The minimum Gasteiger partial charge on any atom is -0.479 e. The second-order valence-corrected chi connectivity index (χ2v) is 2.89. The minimum atomic E-state index is -2.08. The van der Waals surface area contributed by atoms with E-state index in [9.17, 15) is 9.59 Å². The lowest BCUT2D eigenvalue weighted by molar-refractivity contribution is -0.158. The Bertz CT molecular complexity index is 203. The monoisotopic (exact) mass is 191 g/mol. The van der Waals surface area contributed by atoms with Crippen LogP contribution in [-0.4, -0.2) is 45.4 Å². The van der Waals surface area contributed by atoms with E-state index in [0.29, 0.717) is 0 Å². The molecule has 0 aromatic carbocycles. The van der Waals surface area contributed by atoms with Gasteiger partial charge in [-0.05, 0) is 13.8 Å². The van der Waals surface area contributed by atoms with Crippen molar-refractivity contribution in [2.75, 3.05) is 0 Å². The van der Waals surface area contributed by atoms with Crippen LogP contribution in [0, 0.1) is 0 Å². The molecule has 0 spiro atoms. The average molecular weight is 191 g/mol. The molecular weight excluding hydrogens is 178 g/mol. The van der Waals surface area contributed by atoms with E-state index in [2.05, 4.69) is 5.32 Å². The molecule has 76 valence electrons. The third-order valence-electron chi connectivity index (χ3n) is 1.25. The SMILES string of the molecule is CC(C)NC(=O)[C@H](O)[C@H](O)C(=O)O. The van der Waals surface area contributed by atoms with Gasteiger partial charge in [-0.1, -0.05) is 0 Å². The van der Waals surface area contributed by atoms with Gasteiger partial charge in [0.15, 0.2) is 12.2 Å². The van der Waals surface area contributed by atoms with E-state index < -0.39 is 24.1 Å². The molecule has 13 heavy (non-hydrogen) atoms. The highest BCUT2D eigenvalue weighted by Gasteiger charge is 2.29. The van der Waals surface area contributed by atoms with Crippen molar-refractivity contribution in [2.45, 2.75) is 32.1 Å². The van der Waals surface area contributed by atoms with Crippen molar-refractivity contribution in [1.29, 1.82) is 0 Å². The molecule has 0 fully saturated rings. The molecule has 0 rings (SSSR count). The predicted molar refractivity (Wildman–Crippen MR) is 42.9 cm³/mol. The maximum atomic E-state index is 10.9. The summed E-state index contributed by atoms with van der Waals surface area (Å²) >= 11 is 0. The normalized spacial score (nSPS) is 15.2. The van der Waals surface area contributed by atoms with Crippen LogP contribution in [0.3, 0.4) is 0 Å². The molecule has 0 saturated heterocycles. The third kappa shape index (κ3) is 3.86. The van der Waals surface area contributed by atoms with Crippen LogP contribution >= 0.6 is 0 Å². The van der Waals surface area contributed by atoms with Crippen molar-refractivity contribution in [1.82, 2.24) is 5.32 Å². The Kier molecular flexibility index (Phi) is 4.36. The number of hydrogen-bond acceptors (Lipinski definition) is 4. The topological polar surface area (TPSA) is 107 Å². The Balaban J connectivity index is 4.17. The summed E-state index contributed by atoms with van der Waals surface area (Å²) in [6.07, 6.45) is -4.02. The van der Waals surface area contributed by atoms with Gasteiger partial charge in [0.05, 0.1) is 0 Å². The maximum Gasteiger partial charge on any atom is 0.335 e. The van der Waals surface area contributed by atoms with E-state index in [0.717, 1.165) is 0 Å². The van der Waals surface area contributed by atoms with Gasteiger partial charge in [0.2, 0.25) is 0 Å². The number of nitrogens with one attached hydrogen (secondary N) is 1. The van der Waals surface area contributed by atoms with Crippen LogP contribution in [0.15, 0.2) is 0 Å². The Morgan fingerprint density at radius 3 is 1.92 bits per heavy atom. The molecule has 0 aromatic heterocycles. The van der Waals surface area contributed by atoms with Crippen molar-refractivity contribution in [3.63, 3.8) is 0 Å². The maximum absolute atomic E-state index is 10.9. The summed E-state index contributed by atoms with van der Waals surface area (Å²) in [4.78, 5) is 21.1. The number of aliphatic hydroxyl groups excluding tert-OH is 2. The van der Waals surface area contributed by atoms with E-state index in [1.165, 1.54) is 0 Å². The number of hydrogen-bond donors (Lipinski definition) is 4. The second-order valence-electron chi connectivity index (χ2n) is 2.89. The summed E-state index contributed by atoms with van der Waals surface area (Å²) in [5.74, 6) is -2.53. The summed E-state index contributed by atoms with van der Waals surface area (Å²) in [5, 5.41) is 28.2. The smallest absolute Gasteiger partial charge is 0.335 e. The number of rotatable bonds is 4. The van der Waals surface area contributed by atoms with Crippen molar-refractivity contribution in [2.24, 2.45) is 0 Å². The summed E-state index contributed by atoms with van der Waals surface area (Å²) in [7, 11) is 0. The third-order valence-corrected chi connectivity index (χ3v) is 1.25. The summed E-state index contributed by atoms with van der Waals surface area (Å²) < 4.78 is 0. The number of aliphatic hydroxyl groups is 2. The first-order valence-corrected chi connectivity index (χ1v) is 3.75.